The van der Waals surface area contributed by atoms with Crippen molar-refractivity contribution in [1.82, 2.24) is 25.3 Å². The van der Waals surface area contributed by atoms with Gasteiger partial charge in [-0.05, 0) is 30.2 Å². The van der Waals surface area contributed by atoms with Crippen LogP contribution in [-0.2, 0) is 16.1 Å². The smallest absolute Gasteiger partial charge is 0.255 e. The summed E-state index contributed by atoms with van der Waals surface area (Å²) in [6.45, 7) is 3.59. The van der Waals surface area contributed by atoms with Crippen LogP contribution in [0.2, 0.25) is 5.02 Å². The van der Waals surface area contributed by atoms with Crippen LogP contribution >= 0.6 is 11.6 Å². The average Bonchev–Trinajstić information content (AvgIpc) is 3.38. The molecule has 2 amide bonds. The summed E-state index contributed by atoms with van der Waals surface area (Å²) >= 11 is 6.22. The zero-order valence-electron chi connectivity index (χ0n) is 19.9. The van der Waals surface area contributed by atoms with Gasteiger partial charge in [0.15, 0.2) is 12.2 Å². The molecule has 3 aromatic rings. The predicted molar refractivity (Wildman–Crippen MR) is 135 cm³/mol. The maximum Gasteiger partial charge on any atom is 0.255 e. The number of carbonyl (C=O) groups is 2. The molecule has 4 rings (SSSR count). The van der Waals surface area contributed by atoms with E-state index in [9.17, 15) is 19.8 Å². The van der Waals surface area contributed by atoms with Gasteiger partial charge in [-0.2, -0.15) is 5.10 Å². The number of aliphatic hydroxyl groups is 2. The maximum atomic E-state index is 13.1. The first-order valence-corrected chi connectivity index (χ1v) is 12.2. The van der Waals surface area contributed by atoms with Gasteiger partial charge >= 0.3 is 0 Å². The first kappa shape index (κ1) is 25.8. The summed E-state index contributed by atoms with van der Waals surface area (Å²) in [7, 11) is 0. The van der Waals surface area contributed by atoms with E-state index in [1.54, 1.807) is 29.9 Å². The summed E-state index contributed by atoms with van der Waals surface area (Å²) in [5, 5.41) is 32.1. The van der Waals surface area contributed by atoms with E-state index >= 15 is 0 Å². The first-order valence-electron chi connectivity index (χ1n) is 11.8. The third kappa shape index (κ3) is 5.93. The summed E-state index contributed by atoms with van der Waals surface area (Å²) < 4.78 is 1.70. The third-order valence-corrected chi connectivity index (χ3v) is 6.65. The number of nitrogens with one attached hydrogen (secondary N) is 2. The SMILES string of the molecule is C[C@@H](NC(=O)[C@H](O)[C@@H](O)C(=O)N1CCNC[C@@H]1c1ccccc1)c1ccn(Cc2ccccc2Cl)n1. The summed E-state index contributed by atoms with van der Waals surface area (Å²) in [6.07, 6.45) is -2.04. The van der Waals surface area contributed by atoms with Gasteiger partial charge in [0.2, 0.25) is 0 Å². The highest BCUT2D eigenvalue weighted by Gasteiger charge is 2.37. The van der Waals surface area contributed by atoms with E-state index in [4.69, 9.17) is 11.6 Å². The van der Waals surface area contributed by atoms with Gasteiger partial charge in [0.05, 0.1) is 24.3 Å². The Morgan fingerprint density at radius 2 is 1.83 bits per heavy atom. The van der Waals surface area contributed by atoms with E-state index in [0.717, 1.165) is 11.1 Å². The van der Waals surface area contributed by atoms with Gasteiger partial charge in [-0.1, -0.05) is 60.1 Å². The molecule has 0 radical (unpaired) electrons. The Bertz CT molecular complexity index is 1190. The number of carbonyl (C=O) groups excluding carboxylic acids is 2. The van der Waals surface area contributed by atoms with E-state index in [1.807, 2.05) is 48.5 Å². The van der Waals surface area contributed by atoms with Gasteiger partial charge in [0.25, 0.3) is 11.8 Å². The van der Waals surface area contributed by atoms with Gasteiger partial charge in [-0.15, -0.1) is 0 Å². The lowest BCUT2D eigenvalue weighted by molar-refractivity contribution is -0.155. The summed E-state index contributed by atoms with van der Waals surface area (Å²) in [5.74, 6) is -1.54. The lowest BCUT2D eigenvalue weighted by atomic mass is 10.0. The van der Waals surface area contributed by atoms with Crippen LogP contribution < -0.4 is 10.6 Å². The Morgan fingerprint density at radius 3 is 2.58 bits per heavy atom. The minimum atomic E-state index is -1.92. The number of halogens is 1. The molecule has 4 N–H and O–H groups in total. The number of amides is 2. The fourth-order valence-electron chi connectivity index (χ4n) is 4.26. The van der Waals surface area contributed by atoms with E-state index in [0.29, 0.717) is 36.9 Å². The monoisotopic (exact) mass is 511 g/mol. The van der Waals surface area contributed by atoms with Gasteiger partial charge in [0, 0.05) is 30.9 Å². The van der Waals surface area contributed by atoms with Crippen LogP contribution in [0.15, 0.2) is 66.9 Å². The minimum absolute atomic E-state index is 0.307. The van der Waals surface area contributed by atoms with Gasteiger partial charge < -0.3 is 25.7 Å². The Kier molecular flexibility index (Phi) is 8.37. The van der Waals surface area contributed by atoms with Crippen LogP contribution in [0.5, 0.6) is 0 Å². The Morgan fingerprint density at radius 1 is 1.11 bits per heavy atom. The van der Waals surface area contributed by atoms with E-state index in [1.165, 1.54) is 4.90 Å². The van der Waals surface area contributed by atoms with E-state index < -0.39 is 30.1 Å². The molecule has 1 saturated heterocycles. The lowest BCUT2D eigenvalue weighted by Gasteiger charge is -2.38. The zero-order chi connectivity index (χ0) is 25.7. The van der Waals surface area contributed by atoms with E-state index in [2.05, 4.69) is 15.7 Å². The van der Waals surface area contributed by atoms with Crippen molar-refractivity contribution in [2.24, 2.45) is 0 Å². The number of aromatic nitrogens is 2. The number of benzene rings is 2. The summed E-state index contributed by atoms with van der Waals surface area (Å²) in [5.41, 5.74) is 2.38. The molecule has 1 fully saturated rings. The highest BCUT2D eigenvalue weighted by atomic mass is 35.5. The molecule has 2 aromatic carbocycles. The molecule has 0 spiro atoms. The van der Waals surface area contributed by atoms with Crippen LogP contribution in [0.25, 0.3) is 0 Å². The Balaban J connectivity index is 1.37. The zero-order valence-corrected chi connectivity index (χ0v) is 20.7. The van der Waals surface area contributed by atoms with E-state index in [-0.39, 0.29) is 6.04 Å². The van der Waals surface area contributed by atoms with Crippen molar-refractivity contribution >= 4 is 23.4 Å². The molecule has 0 unspecified atom stereocenters. The summed E-state index contributed by atoms with van der Waals surface area (Å²) in [6, 6.07) is 17.8. The number of rotatable bonds is 8. The minimum Gasteiger partial charge on any atom is -0.380 e. The largest absolute Gasteiger partial charge is 0.380 e. The fraction of sp³-hybridized carbons (Fsp3) is 0.346. The second-order valence-electron chi connectivity index (χ2n) is 8.81. The molecular formula is C26H30ClN5O4. The number of piperazine rings is 1. The van der Waals surface area contributed by atoms with Crippen LogP contribution in [0, 0.1) is 0 Å². The second kappa shape index (κ2) is 11.7. The molecule has 36 heavy (non-hydrogen) atoms. The highest BCUT2D eigenvalue weighted by Crippen LogP contribution is 2.23. The van der Waals surface area contributed by atoms with Gasteiger partial charge in [-0.25, -0.2) is 0 Å². The molecular weight excluding hydrogens is 482 g/mol. The highest BCUT2D eigenvalue weighted by molar-refractivity contribution is 6.31. The lowest BCUT2D eigenvalue weighted by Crippen LogP contribution is -2.56. The fourth-order valence-corrected chi connectivity index (χ4v) is 4.46. The third-order valence-electron chi connectivity index (χ3n) is 6.29. The molecule has 1 aliphatic heterocycles. The molecule has 2 heterocycles. The maximum absolute atomic E-state index is 13.1. The molecule has 1 aliphatic rings. The Labute approximate surface area is 214 Å². The standard InChI is InChI=1S/C26H30ClN5O4/c1-17(21-11-13-31(30-21)16-19-9-5-6-10-20(19)27)29-25(35)23(33)24(34)26(36)32-14-12-28-15-22(32)18-7-3-2-4-8-18/h2-11,13,17,22-24,28,33-34H,12,14-16H2,1H3,(H,29,35)/t17-,22-,23-,24-/m1/s1. The van der Waals surface area contributed by atoms with Crippen molar-refractivity contribution in [2.45, 2.75) is 37.8 Å². The van der Waals surface area contributed by atoms with Crippen LogP contribution in [-0.4, -0.2) is 68.6 Å². The number of hydrogen-bond acceptors (Lipinski definition) is 6. The molecule has 190 valence electrons. The van der Waals surface area contributed by atoms with Gasteiger partial charge in [-0.3, -0.25) is 14.3 Å². The van der Waals surface area contributed by atoms with Crippen LogP contribution in [0.3, 0.4) is 0 Å². The van der Waals surface area contributed by atoms with Crippen LogP contribution in [0.1, 0.15) is 35.8 Å². The average molecular weight is 512 g/mol. The number of aliphatic hydroxyl groups excluding tert-OH is 2. The van der Waals surface area contributed by atoms with Crippen molar-refractivity contribution in [1.29, 1.82) is 0 Å². The van der Waals surface area contributed by atoms with Crippen molar-refractivity contribution < 1.29 is 19.8 Å². The normalized spacial score (nSPS) is 18.3. The second-order valence-corrected chi connectivity index (χ2v) is 9.22. The number of hydrogen-bond donors (Lipinski definition) is 4. The molecule has 0 aliphatic carbocycles. The van der Waals surface area contributed by atoms with Crippen molar-refractivity contribution in [3.8, 4) is 0 Å². The molecule has 0 saturated carbocycles. The van der Waals surface area contributed by atoms with Crippen molar-refractivity contribution in [2.75, 3.05) is 19.6 Å². The van der Waals surface area contributed by atoms with Gasteiger partial charge in [0.1, 0.15) is 0 Å². The number of nitrogens with zero attached hydrogens (tertiary/aromatic N) is 3. The molecule has 10 heteroatoms. The molecule has 4 atom stereocenters. The predicted octanol–water partition coefficient (Wildman–Crippen LogP) is 1.66. The quantitative estimate of drug-likeness (QED) is 0.365. The topological polar surface area (TPSA) is 120 Å². The Hall–Kier alpha value is -3.24. The van der Waals surface area contributed by atoms with Crippen molar-refractivity contribution in [3.63, 3.8) is 0 Å². The summed E-state index contributed by atoms with van der Waals surface area (Å²) in [4.78, 5) is 27.3. The molecule has 1 aromatic heterocycles. The van der Waals surface area contributed by atoms with Crippen LogP contribution in [0.4, 0.5) is 0 Å². The van der Waals surface area contributed by atoms with Crippen molar-refractivity contribution in [3.05, 3.63) is 88.7 Å². The molecule has 0 bridgehead atoms. The first-order chi connectivity index (χ1) is 17.3. The molecule has 9 nitrogen and oxygen atoms in total.